The van der Waals surface area contributed by atoms with Crippen LogP contribution in [0.1, 0.15) is 19.3 Å². The average Bonchev–Trinajstić information content (AvgIpc) is 2.18. The van der Waals surface area contributed by atoms with Gasteiger partial charge in [-0.2, -0.15) is 0 Å². The highest BCUT2D eigenvalue weighted by Crippen LogP contribution is 2.13. The molecular formula is C11H25N3. The molecule has 0 amide bonds. The third-order valence-corrected chi connectivity index (χ3v) is 3.16. The number of piperidine rings is 1. The number of rotatable bonds is 5. The monoisotopic (exact) mass is 199 g/mol. The summed E-state index contributed by atoms with van der Waals surface area (Å²) in [7, 11) is 6.52. The Labute approximate surface area is 88.5 Å². The molecule has 14 heavy (non-hydrogen) atoms. The first-order valence-electron chi connectivity index (χ1n) is 5.77. The number of nitrogens with zero attached hydrogens (tertiary/aromatic N) is 2. The first kappa shape index (κ1) is 12.0. The van der Waals surface area contributed by atoms with Gasteiger partial charge in [-0.05, 0) is 60.0 Å². The summed E-state index contributed by atoms with van der Waals surface area (Å²) in [6, 6.07) is 0.783. The zero-order chi connectivity index (χ0) is 10.4. The van der Waals surface area contributed by atoms with E-state index in [1.165, 1.54) is 38.9 Å². The molecule has 0 aliphatic carbocycles. The summed E-state index contributed by atoms with van der Waals surface area (Å²) in [6.45, 7) is 4.88. The van der Waals surface area contributed by atoms with Crippen molar-refractivity contribution in [3.8, 4) is 0 Å². The lowest BCUT2D eigenvalue weighted by Gasteiger charge is -2.35. The Kier molecular flexibility index (Phi) is 5.45. The summed E-state index contributed by atoms with van der Waals surface area (Å²) in [5.41, 5.74) is 0. The van der Waals surface area contributed by atoms with Crippen molar-refractivity contribution in [1.29, 1.82) is 0 Å². The normalized spacial score (nSPS) is 24.4. The van der Waals surface area contributed by atoms with Crippen LogP contribution in [0.25, 0.3) is 0 Å². The van der Waals surface area contributed by atoms with Gasteiger partial charge in [-0.15, -0.1) is 0 Å². The van der Waals surface area contributed by atoms with Gasteiger partial charge in [0.1, 0.15) is 0 Å². The molecule has 3 heteroatoms. The van der Waals surface area contributed by atoms with Crippen LogP contribution in [0.15, 0.2) is 0 Å². The molecule has 1 rings (SSSR count). The van der Waals surface area contributed by atoms with Gasteiger partial charge in [0.2, 0.25) is 0 Å². The van der Waals surface area contributed by atoms with Crippen molar-refractivity contribution in [2.24, 2.45) is 0 Å². The topological polar surface area (TPSA) is 18.5 Å². The van der Waals surface area contributed by atoms with E-state index in [1.54, 1.807) is 0 Å². The van der Waals surface area contributed by atoms with Crippen molar-refractivity contribution >= 4 is 0 Å². The van der Waals surface area contributed by atoms with Gasteiger partial charge in [0.05, 0.1) is 0 Å². The van der Waals surface area contributed by atoms with Crippen molar-refractivity contribution in [2.45, 2.75) is 25.3 Å². The van der Waals surface area contributed by atoms with Crippen LogP contribution in [0.2, 0.25) is 0 Å². The van der Waals surface area contributed by atoms with Crippen LogP contribution in [-0.4, -0.2) is 63.2 Å². The van der Waals surface area contributed by atoms with Crippen molar-refractivity contribution in [3.63, 3.8) is 0 Å². The second-order valence-corrected chi connectivity index (χ2v) is 4.50. The fraction of sp³-hybridized carbons (Fsp3) is 1.00. The van der Waals surface area contributed by atoms with Crippen LogP contribution in [0.3, 0.4) is 0 Å². The number of nitrogens with one attached hydrogen (secondary N) is 1. The fourth-order valence-electron chi connectivity index (χ4n) is 2.19. The predicted molar refractivity (Wildman–Crippen MR) is 61.7 cm³/mol. The van der Waals surface area contributed by atoms with Gasteiger partial charge in [-0.1, -0.05) is 0 Å². The Bertz CT molecular complexity index is 149. The summed E-state index contributed by atoms with van der Waals surface area (Å²) in [5.74, 6) is 0. The Balaban J connectivity index is 2.18. The molecule has 0 aromatic heterocycles. The summed E-state index contributed by atoms with van der Waals surface area (Å²) in [6.07, 6.45) is 3.99. The van der Waals surface area contributed by atoms with Crippen LogP contribution < -0.4 is 5.32 Å². The van der Waals surface area contributed by atoms with E-state index in [9.17, 15) is 0 Å². The zero-order valence-electron chi connectivity index (χ0n) is 9.92. The van der Waals surface area contributed by atoms with E-state index in [0.29, 0.717) is 0 Å². The molecule has 3 nitrogen and oxygen atoms in total. The summed E-state index contributed by atoms with van der Waals surface area (Å²) in [5, 5.41) is 3.20. The number of hydrogen-bond acceptors (Lipinski definition) is 3. The van der Waals surface area contributed by atoms with Gasteiger partial charge in [-0.25, -0.2) is 0 Å². The molecule has 1 aliphatic heterocycles. The molecule has 1 fully saturated rings. The van der Waals surface area contributed by atoms with Gasteiger partial charge in [0, 0.05) is 12.6 Å². The zero-order valence-corrected chi connectivity index (χ0v) is 9.92. The Hall–Kier alpha value is -0.120. The summed E-state index contributed by atoms with van der Waals surface area (Å²) in [4.78, 5) is 4.97. The first-order chi connectivity index (χ1) is 6.74. The Morgan fingerprint density at radius 3 is 2.93 bits per heavy atom. The third kappa shape index (κ3) is 3.95. The highest BCUT2D eigenvalue weighted by molar-refractivity contribution is 4.77. The second-order valence-electron chi connectivity index (χ2n) is 4.50. The molecule has 0 radical (unpaired) electrons. The minimum absolute atomic E-state index is 0.783. The quantitative estimate of drug-likeness (QED) is 0.655. The smallest absolute Gasteiger partial charge is 0.0220 e. The molecule has 0 aromatic rings. The molecule has 1 saturated heterocycles. The highest BCUT2D eigenvalue weighted by Gasteiger charge is 2.20. The maximum Gasteiger partial charge on any atom is 0.0220 e. The van der Waals surface area contributed by atoms with Crippen LogP contribution in [-0.2, 0) is 0 Å². The van der Waals surface area contributed by atoms with Gasteiger partial charge in [-0.3, -0.25) is 0 Å². The third-order valence-electron chi connectivity index (χ3n) is 3.16. The highest BCUT2D eigenvalue weighted by atomic mass is 15.2. The van der Waals surface area contributed by atoms with Crippen LogP contribution in [0, 0.1) is 0 Å². The molecule has 84 valence electrons. The van der Waals surface area contributed by atoms with E-state index in [1.807, 2.05) is 7.05 Å². The van der Waals surface area contributed by atoms with Crippen molar-refractivity contribution in [3.05, 3.63) is 0 Å². The largest absolute Gasteiger partial charge is 0.320 e. The maximum atomic E-state index is 3.20. The summed E-state index contributed by atoms with van der Waals surface area (Å²) >= 11 is 0. The lowest BCUT2D eigenvalue weighted by Crippen LogP contribution is -2.45. The molecular weight excluding hydrogens is 174 g/mol. The lowest BCUT2D eigenvalue weighted by molar-refractivity contribution is 0.133. The van der Waals surface area contributed by atoms with E-state index in [0.717, 1.165) is 12.6 Å². The average molecular weight is 199 g/mol. The minimum atomic E-state index is 0.783. The SMILES string of the molecule is CNCCCN(C)C1CCCN(C)C1. The van der Waals surface area contributed by atoms with Crippen molar-refractivity contribution in [1.82, 2.24) is 15.1 Å². The van der Waals surface area contributed by atoms with Gasteiger partial charge >= 0.3 is 0 Å². The molecule has 1 atom stereocenters. The fourth-order valence-corrected chi connectivity index (χ4v) is 2.19. The molecule has 0 saturated carbocycles. The van der Waals surface area contributed by atoms with Gasteiger partial charge in [0.15, 0.2) is 0 Å². The van der Waals surface area contributed by atoms with Crippen molar-refractivity contribution in [2.75, 3.05) is 47.3 Å². The van der Waals surface area contributed by atoms with Crippen LogP contribution in [0.4, 0.5) is 0 Å². The van der Waals surface area contributed by atoms with Crippen LogP contribution in [0.5, 0.6) is 0 Å². The number of likely N-dealkylation sites (N-methyl/N-ethyl adjacent to an activating group) is 2. The van der Waals surface area contributed by atoms with E-state index >= 15 is 0 Å². The standard InChI is InChI=1S/C11H25N3/c1-12-7-5-9-14(3)11-6-4-8-13(2)10-11/h11-12H,4-10H2,1-3H3. The molecule has 1 unspecified atom stereocenters. The van der Waals surface area contributed by atoms with Gasteiger partial charge in [0.25, 0.3) is 0 Å². The molecule has 0 bridgehead atoms. The lowest BCUT2D eigenvalue weighted by atomic mass is 10.1. The number of hydrogen-bond donors (Lipinski definition) is 1. The molecule has 0 spiro atoms. The Morgan fingerprint density at radius 1 is 1.50 bits per heavy atom. The predicted octanol–water partition coefficient (Wildman–Crippen LogP) is 0.622. The van der Waals surface area contributed by atoms with Crippen LogP contribution >= 0.6 is 0 Å². The molecule has 0 aromatic carbocycles. The van der Waals surface area contributed by atoms with E-state index in [4.69, 9.17) is 0 Å². The van der Waals surface area contributed by atoms with Crippen molar-refractivity contribution < 1.29 is 0 Å². The molecule has 1 heterocycles. The molecule has 1 aliphatic rings. The first-order valence-corrected chi connectivity index (χ1v) is 5.77. The Morgan fingerprint density at radius 2 is 2.29 bits per heavy atom. The minimum Gasteiger partial charge on any atom is -0.320 e. The van der Waals surface area contributed by atoms with E-state index in [-0.39, 0.29) is 0 Å². The van der Waals surface area contributed by atoms with E-state index < -0.39 is 0 Å². The molecule has 1 N–H and O–H groups in total. The number of likely N-dealkylation sites (tertiary alicyclic amines) is 1. The second kappa shape index (κ2) is 6.38. The summed E-state index contributed by atoms with van der Waals surface area (Å²) < 4.78 is 0. The van der Waals surface area contributed by atoms with E-state index in [2.05, 4.69) is 29.2 Å². The van der Waals surface area contributed by atoms with Gasteiger partial charge < -0.3 is 15.1 Å². The maximum absolute atomic E-state index is 3.20.